The van der Waals surface area contributed by atoms with Crippen LogP contribution in [0.2, 0.25) is 5.02 Å². The van der Waals surface area contributed by atoms with Crippen molar-refractivity contribution >= 4 is 38.9 Å². The average Bonchev–Trinajstić information content (AvgIpc) is 2.57. The summed E-state index contributed by atoms with van der Waals surface area (Å²) in [6.45, 7) is 3.51. The number of carbonyl (C=O) groups is 1. The van der Waals surface area contributed by atoms with Gasteiger partial charge in [-0.05, 0) is 55.8 Å². The molecule has 6 nitrogen and oxygen atoms in total. The van der Waals surface area contributed by atoms with Gasteiger partial charge in [-0.25, -0.2) is 8.42 Å². The molecule has 0 aromatic heterocycles. The number of anilines is 2. The molecule has 0 aliphatic heterocycles. The van der Waals surface area contributed by atoms with Gasteiger partial charge >= 0.3 is 0 Å². The fraction of sp³-hybridized carbons (Fsp3) is 0.278. The number of carbonyl (C=O) groups excluding carboxylic acids is 1. The Morgan fingerprint density at radius 2 is 1.81 bits per heavy atom. The van der Waals surface area contributed by atoms with Gasteiger partial charge in [0.2, 0.25) is 10.0 Å². The molecule has 1 N–H and O–H groups in total. The van der Waals surface area contributed by atoms with Crippen molar-refractivity contribution in [1.29, 1.82) is 0 Å². The maximum Gasteiger partial charge on any atom is 0.265 e. The van der Waals surface area contributed by atoms with Crippen molar-refractivity contribution in [3.63, 3.8) is 0 Å². The number of aryl methyl sites for hydroxylation is 1. The van der Waals surface area contributed by atoms with Gasteiger partial charge in [0.1, 0.15) is 5.75 Å². The van der Waals surface area contributed by atoms with Gasteiger partial charge < -0.3 is 10.1 Å². The van der Waals surface area contributed by atoms with Crippen LogP contribution in [0.15, 0.2) is 42.5 Å². The van der Waals surface area contributed by atoms with Crippen molar-refractivity contribution in [3.05, 3.63) is 53.1 Å². The van der Waals surface area contributed by atoms with E-state index >= 15 is 0 Å². The molecule has 0 bridgehead atoms. The number of hydrogen-bond donors (Lipinski definition) is 1. The molecule has 2 aromatic carbocycles. The first-order valence-corrected chi connectivity index (χ1v) is 10.1. The van der Waals surface area contributed by atoms with E-state index < -0.39 is 16.1 Å². The number of ether oxygens (including phenoxy) is 1. The van der Waals surface area contributed by atoms with E-state index in [-0.39, 0.29) is 5.91 Å². The van der Waals surface area contributed by atoms with E-state index in [1.54, 1.807) is 43.3 Å². The SMILES string of the molecule is Cc1ccc(NC(=O)[C@@H](C)Oc2ccc(N(C)S(C)(=O)=O)cc2)cc1Cl. The summed E-state index contributed by atoms with van der Waals surface area (Å²) in [4.78, 5) is 12.3. The van der Waals surface area contributed by atoms with Crippen LogP contribution in [0, 0.1) is 6.92 Å². The quantitative estimate of drug-likeness (QED) is 0.811. The van der Waals surface area contributed by atoms with Crippen molar-refractivity contribution < 1.29 is 17.9 Å². The molecular formula is C18H21ClN2O4S. The lowest BCUT2D eigenvalue weighted by atomic mass is 10.2. The Bertz CT molecular complexity index is 898. The maximum atomic E-state index is 12.3. The maximum absolute atomic E-state index is 12.3. The van der Waals surface area contributed by atoms with Crippen LogP contribution in [0.1, 0.15) is 12.5 Å². The number of sulfonamides is 1. The molecule has 0 aliphatic rings. The van der Waals surface area contributed by atoms with Crippen LogP contribution in [0.25, 0.3) is 0 Å². The minimum atomic E-state index is -3.33. The van der Waals surface area contributed by atoms with Gasteiger partial charge in [-0.15, -0.1) is 0 Å². The zero-order valence-electron chi connectivity index (χ0n) is 15.0. The van der Waals surface area contributed by atoms with E-state index in [2.05, 4.69) is 5.32 Å². The van der Waals surface area contributed by atoms with Crippen molar-refractivity contribution in [2.24, 2.45) is 0 Å². The molecule has 2 rings (SSSR count). The first-order chi connectivity index (χ1) is 12.1. The molecule has 8 heteroatoms. The Labute approximate surface area is 158 Å². The molecule has 0 unspecified atom stereocenters. The standard InChI is InChI=1S/C18H21ClN2O4S/c1-12-5-6-14(11-17(12)19)20-18(22)13(2)25-16-9-7-15(8-10-16)21(3)26(4,23)24/h5-11,13H,1-4H3,(H,20,22)/t13-/m1/s1. The van der Waals surface area contributed by atoms with Gasteiger partial charge in [-0.2, -0.15) is 0 Å². The molecule has 26 heavy (non-hydrogen) atoms. The molecule has 0 aliphatic carbocycles. The third-order valence-corrected chi connectivity index (χ3v) is 5.43. The van der Waals surface area contributed by atoms with E-state index in [1.165, 1.54) is 7.05 Å². The van der Waals surface area contributed by atoms with Crippen molar-refractivity contribution in [3.8, 4) is 5.75 Å². The summed E-state index contributed by atoms with van der Waals surface area (Å²) < 4.78 is 29.8. The van der Waals surface area contributed by atoms with Crippen LogP contribution >= 0.6 is 11.6 Å². The summed E-state index contributed by atoms with van der Waals surface area (Å²) in [6.07, 6.45) is 0.384. The predicted octanol–water partition coefficient (Wildman–Crippen LogP) is 3.45. The van der Waals surface area contributed by atoms with Crippen LogP contribution in [0.3, 0.4) is 0 Å². The number of rotatable bonds is 6. The first-order valence-electron chi connectivity index (χ1n) is 7.85. The second kappa shape index (κ2) is 7.97. The average molecular weight is 397 g/mol. The van der Waals surface area contributed by atoms with Crippen LogP contribution in [-0.2, 0) is 14.8 Å². The lowest BCUT2D eigenvalue weighted by Crippen LogP contribution is -2.30. The summed E-state index contributed by atoms with van der Waals surface area (Å²) >= 11 is 6.05. The van der Waals surface area contributed by atoms with Crippen molar-refractivity contribution in [2.75, 3.05) is 22.9 Å². The lowest BCUT2D eigenvalue weighted by Gasteiger charge is -2.18. The van der Waals surface area contributed by atoms with Gasteiger partial charge in [0.15, 0.2) is 6.10 Å². The number of hydrogen-bond acceptors (Lipinski definition) is 4. The molecule has 1 amide bonds. The Morgan fingerprint density at radius 1 is 1.19 bits per heavy atom. The van der Waals surface area contributed by atoms with Gasteiger partial charge in [-0.3, -0.25) is 9.10 Å². The first kappa shape index (κ1) is 20.1. The lowest BCUT2D eigenvalue weighted by molar-refractivity contribution is -0.122. The zero-order valence-corrected chi connectivity index (χ0v) is 16.6. The Balaban J connectivity index is 2.01. The highest BCUT2D eigenvalue weighted by molar-refractivity contribution is 7.92. The predicted molar refractivity (Wildman–Crippen MR) is 105 cm³/mol. The van der Waals surface area contributed by atoms with E-state index in [0.29, 0.717) is 22.1 Å². The molecule has 1 atom stereocenters. The molecule has 0 spiro atoms. The summed E-state index contributed by atoms with van der Waals surface area (Å²) in [5.41, 5.74) is 2.02. The van der Waals surface area contributed by atoms with E-state index in [9.17, 15) is 13.2 Å². The Morgan fingerprint density at radius 3 is 2.35 bits per heavy atom. The second-order valence-electron chi connectivity index (χ2n) is 5.94. The Hall–Kier alpha value is -2.25. The van der Waals surface area contributed by atoms with Crippen LogP contribution in [-0.4, -0.2) is 33.7 Å². The molecule has 0 fully saturated rings. The second-order valence-corrected chi connectivity index (χ2v) is 8.36. The number of amides is 1. The molecule has 2 aromatic rings. The monoisotopic (exact) mass is 396 g/mol. The number of benzene rings is 2. The summed E-state index contributed by atoms with van der Waals surface area (Å²) in [6, 6.07) is 11.7. The number of nitrogens with zero attached hydrogens (tertiary/aromatic N) is 1. The summed E-state index contributed by atoms with van der Waals surface area (Å²) in [7, 11) is -1.86. The smallest absolute Gasteiger partial charge is 0.265 e. The molecule has 0 radical (unpaired) electrons. The van der Waals surface area contributed by atoms with E-state index in [0.717, 1.165) is 16.1 Å². The highest BCUT2D eigenvalue weighted by Crippen LogP contribution is 2.22. The van der Waals surface area contributed by atoms with Crippen molar-refractivity contribution in [1.82, 2.24) is 0 Å². The van der Waals surface area contributed by atoms with Crippen LogP contribution in [0.4, 0.5) is 11.4 Å². The molecular weight excluding hydrogens is 376 g/mol. The molecule has 0 saturated heterocycles. The largest absolute Gasteiger partial charge is 0.481 e. The Kier molecular flexibility index (Phi) is 6.15. The highest BCUT2D eigenvalue weighted by atomic mass is 35.5. The number of halogens is 1. The van der Waals surface area contributed by atoms with Gasteiger partial charge in [0.25, 0.3) is 5.91 Å². The fourth-order valence-corrected chi connectivity index (χ4v) is 2.78. The van der Waals surface area contributed by atoms with Gasteiger partial charge in [0.05, 0.1) is 11.9 Å². The highest BCUT2D eigenvalue weighted by Gasteiger charge is 2.16. The normalized spacial score (nSPS) is 12.3. The molecule has 0 saturated carbocycles. The third-order valence-electron chi connectivity index (χ3n) is 3.82. The summed E-state index contributed by atoms with van der Waals surface area (Å²) in [5.74, 6) is 0.141. The third kappa shape index (κ3) is 5.12. The topological polar surface area (TPSA) is 75.7 Å². The van der Waals surface area contributed by atoms with E-state index in [1.807, 2.05) is 13.0 Å². The van der Waals surface area contributed by atoms with Crippen LogP contribution in [0.5, 0.6) is 5.75 Å². The van der Waals surface area contributed by atoms with Crippen LogP contribution < -0.4 is 14.4 Å². The van der Waals surface area contributed by atoms with Gasteiger partial charge in [-0.1, -0.05) is 17.7 Å². The zero-order chi connectivity index (χ0) is 19.5. The molecule has 0 heterocycles. The minimum Gasteiger partial charge on any atom is -0.481 e. The number of nitrogens with one attached hydrogen (secondary N) is 1. The van der Waals surface area contributed by atoms with Crippen molar-refractivity contribution in [2.45, 2.75) is 20.0 Å². The van der Waals surface area contributed by atoms with Gasteiger partial charge in [0, 0.05) is 17.8 Å². The fourth-order valence-electron chi connectivity index (χ4n) is 2.10. The summed E-state index contributed by atoms with van der Waals surface area (Å²) in [5, 5.41) is 3.31. The molecule has 140 valence electrons. The van der Waals surface area contributed by atoms with E-state index in [4.69, 9.17) is 16.3 Å². The minimum absolute atomic E-state index is 0.317.